The van der Waals surface area contributed by atoms with Gasteiger partial charge >= 0.3 is 0 Å². The largest absolute Gasteiger partial charge is 0.354 e. The minimum atomic E-state index is 0.638. The van der Waals surface area contributed by atoms with E-state index < -0.39 is 0 Å². The molecular formula is C14H12ClIN4S. The van der Waals surface area contributed by atoms with Gasteiger partial charge in [-0.05, 0) is 59.2 Å². The second-order valence-electron chi connectivity index (χ2n) is 4.31. The third-order valence-electron chi connectivity index (χ3n) is 2.84. The molecule has 0 bridgehead atoms. The molecule has 2 heterocycles. The van der Waals surface area contributed by atoms with Crippen LogP contribution in [0.15, 0.2) is 29.6 Å². The van der Waals surface area contributed by atoms with E-state index in [0.717, 1.165) is 36.9 Å². The van der Waals surface area contributed by atoms with E-state index in [1.54, 1.807) is 11.3 Å². The Morgan fingerprint density at radius 3 is 2.90 bits per heavy atom. The van der Waals surface area contributed by atoms with Crippen LogP contribution in [0.1, 0.15) is 6.92 Å². The monoisotopic (exact) mass is 430 g/mol. The highest BCUT2D eigenvalue weighted by atomic mass is 127. The molecule has 4 nitrogen and oxygen atoms in total. The molecule has 3 rings (SSSR count). The van der Waals surface area contributed by atoms with Gasteiger partial charge in [0, 0.05) is 15.1 Å². The quantitative estimate of drug-likeness (QED) is 0.564. The number of thiophene rings is 1. The summed E-state index contributed by atoms with van der Waals surface area (Å²) in [7, 11) is 0. The highest BCUT2D eigenvalue weighted by molar-refractivity contribution is 14.1. The van der Waals surface area contributed by atoms with Crippen LogP contribution in [-0.4, -0.2) is 16.5 Å². The van der Waals surface area contributed by atoms with Crippen molar-refractivity contribution in [3.05, 3.63) is 38.2 Å². The molecule has 0 spiro atoms. The SMILES string of the molecule is CCNc1nc(Nc2ccc(Cl)cc2I)c2ccsc2n1. The Morgan fingerprint density at radius 1 is 1.29 bits per heavy atom. The Bertz CT molecular complexity index is 790. The second-order valence-corrected chi connectivity index (χ2v) is 6.81. The summed E-state index contributed by atoms with van der Waals surface area (Å²) in [4.78, 5) is 10.0. The number of nitrogens with zero attached hydrogens (tertiary/aromatic N) is 2. The lowest BCUT2D eigenvalue weighted by Gasteiger charge is -2.11. The number of anilines is 3. The molecular weight excluding hydrogens is 419 g/mol. The fourth-order valence-electron chi connectivity index (χ4n) is 1.91. The number of rotatable bonds is 4. The Kier molecular flexibility index (Phi) is 4.46. The summed E-state index contributed by atoms with van der Waals surface area (Å²) in [6.45, 7) is 2.81. The topological polar surface area (TPSA) is 49.8 Å². The lowest BCUT2D eigenvalue weighted by atomic mass is 10.3. The summed E-state index contributed by atoms with van der Waals surface area (Å²) in [5.41, 5.74) is 0.980. The molecule has 0 saturated carbocycles. The molecule has 0 saturated heterocycles. The molecule has 0 radical (unpaired) electrons. The molecule has 7 heteroatoms. The van der Waals surface area contributed by atoms with Crippen molar-refractivity contribution in [2.24, 2.45) is 0 Å². The summed E-state index contributed by atoms with van der Waals surface area (Å²) < 4.78 is 1.05. The van der Waals surface area contributed by atoms with E-state index in [1.807, 2.05) is 36.6 Å². The molecule has 0 fully saturated rings. The molecule has 0 aliphatic rings. The molecule has 0 aliphatic carbocycles. The van der Waals surface area contributed by atoms with Crippen molar-refractivity contribution in [2.45, 2.75) is 6.92 Å². The van der Waals surface area contributed by atoms with E-state index in [2.05, 4.69) is 43.2 Å². The van der Waals surface area contributed by atoms with Crippen LogP contribution in [0.2, 0.25) is 5.02 Å². The van der Waals surface area contributed by atoms with Crippen molar-refractivity contribution in [2.75, 3.05) is 17.2 Å². The van der Waals surface area contributed by atoms with E-state index >= 15 is 0 Å². The maximum absolute atomic E-state index is 6.00. The first-order chi connectivity index (χ1) is 10.2. The van der Waals surface area contributed by atoms with Crippen LogP contribution in [0, 0.1) is 3.57 Å². The first-order valence-corrected chi connectivity index (χ1v) is 8.72. The van der Waals surface area contributed by atoms with Crippen molar-refractivity contribution in [1.82, 2.24) is 9.97 Å². The lowest BCUT2D eigenvalue weighted by molar-refractivity contribution is 1.11. The Morgan fingerprint density at radius 2 is 2.14 bits per heavy atom. The zero-order valence-electron chi connectivity index (χ0n) is 11.2. The van der Waals surface area contributed by atoms with Crippen LogP contribution in [-0.2, 0) is 0 Å². The zero-order valence-corrected chi connectivity index (χ0v) is 14.9. The van der Waals surface area contributed by atoms with Gasteiger partial charge in [0.15, 0.2) is 0 Å². The Hall–Kier alpha value is -1.12. The fourth-order valence-corrected chi connectivity index (χ4v) is 3.68. The maximum atomic E-state index is 6.00. The molecule has 2 aromatic heterocycles. The van der Waals surface area contributed by atoms with Gasteiger partial charge in [-0.2, -0.15) is 4.98 Å². The molecule has 2 N–H and O–H groups in total. The predicted octanol–water partition coefficient (Wildman–Crippen LogP) is 5.12. The summed E-state index contributed by atoms with van der Waals surface area (Å²) in [5.74, 6) is 1.44. The summed E-state index contributed by atoms with van der Waals surface area (Å²) in [6.07, 6.45) is 0. The van der Waals surface area contributed by atoms with Crippen molar-refractivity contribution >= 4 is 73.2 Å². The van der Waals surface area contributed by atoms with Crippen LogP contribution in [0.3, 0.4) is 0 Å². The van der Waals surface area contributed by atoms with E-state index in [9.17, 15) is 0 Å². The van der Waals surface area contributed by atoms with Crippen molar-refractivity contribution in [3.63, 3.8) is 0 Å². The normalized spacial score (nSPS) is 10.8. The predicted molar refractivity (Wildman–Crippen MR) is 99.0 cm³/mol. The minimum absolute atomic E-state index is 0.638. The Labute approximate surface area is 145 Å². The van der Waals surface area contributed by atoms with Crippen LogP contribution in [0.4, 0.5) is 17.5 Å². The molecule has 0 aliphatic heterocycles. The fraction of sp³-hybridized carbons (Fsp3) is 0.143. The van der Waals surface area contributed by atoms with Gasteiger partial charge in [0.1, 0.15) is 10.6 Å². The van der Waals surface area contributed by atoms with Crippen molar-refractivity contribution < 1.29 is 0 Å². The van der Waals surface area contributed by atoms with Gasteiger partial charge < -0.3 is 10.6 Å². The summed E-state index contributed by atoms with van der Waals surface area (Å²) >= 11 is 9.86. The average molecular weight is 431 g/mol. The van der Waals surface area contributed by atoms with E-state index in [0.29, 0.717) is 5.95 Å². The lowest BCUT2D eigenvalue weighted by Crippen LogP contribution is -2.04. The van der Waals surface area contributed by atoms with Crippen LogP contribution in [0.5, 0.6) is 0 Å². The summed E-state index contributed by atoms with van der Waals surface area (Å²) in [6, 6.07) is 7.77. The highest BCUT2D eigenvalue weighted by Crippen LogP contribution is 2.31. The molecule has 108 valence electrons. The van der Waals surface area contributed by atoms with Gasteiger partial charge in [0.2, 0.25) is 5.95 Å². The van der Waals surface area contributed by atoms with Gasteiger partial charge in [-0.25, -0.2) is 4.98 Å². The van der Waals surface area contributed by atoms with Gasteiger partial charge in [0.25, 0.3) is 0 Å². The first-order valence-electron chi connectivity index (χ1n) is 6.38. The number of hydrogen-bond donors (Lipinski definition) is 2. The number of halogens is 2. The highest BCUT2D eigenvalue weighted by Gasteiger charge is 2.10. The average Bonchev–Trinajstić information content (AvgIpc) is 2.91. The number of nitrogens with one attached hydrogen (secondary N) is 2. The number of benzene rings is 1. The van der Waals surface area contributed by atoms with E-state index in [1.165, 1.54) is 0 Å². The maximum Gasteiger partial charge on any atom is 0.226 e. The molecule has 1 aromatic carbocycles. The third kappa shape index (κ3) is 3.22. The van der Waals surface area contributed by atoms with Crippen LogP contribution in [0.25, 0.3) is 10.2 Å². The molecule has 0 atom stereocenters. The molecule has 0 amide bonds. The second kappa shape index (κ2) is 6.33. The number of hydrogen-bond acceptors (Lipinski definition) is 5. The summed E-state index contributed by atoms with van der Waals surface area (Å²) in [5, 5.41) is 10.3. The van der Waals surface area contributed by atoms with Crippen molar-refractivity contribution in [3.8, 4) is 0 Å². The number of fused-ring (bicyclic) bond motifs is 1. The van der Waals surface area contributed by atoms with Crippen LogP contribution < -0.4 is 10.6 Å². The van der Waals surface area contributed by atoms with Gasteiger partial charge in [-0.15, -0.1) is 11.3 Å². The zero-order chi connectivity index (χ0) is 14.8. The smallest absolute Gasteiger partial charge is 0.226 e. The van der Waals surface area contributed by atoms with Gasteiger partial charge in [-0.3, -0.25) is 0 Å². The third-order valence-corrected chi connectivity index (χ3v) is 4.78. The van der Waals surface area contributed by atoms with Crippen molar-refractivity contribution in [1.29, 1.82) is 0 Å². The molecule has 0 unspecified atom stereocenters. The standard InChI is InChI=1S/C14H12ClIN4S/c1-2-17-14-19-12(9-5-6-21-13(9)20-14)18-11-4-3-8(15)7-10(11)16/h3-7H,2H2,1H3,(H2,17,18,19,20). The van der Waals surface area contributed by atoms with Gasteiger partial charge in [0.05, 0.1) is 11.1 Å². The van der Waals surface area contributed by atoms with E-state index in [-0.39, 0.29) is 0 Å². The van der Waals surface area contributed by atoms with E-state index in [4.69, 9.17) is 11.6 Å². The first kappa shape index (κ1) is 14.8. The molecule has 3 aromatic rings. The number of aromatic nitrogens is 2. The van der Waals surface area contributed by atoms with Gasteiger partial charge in [-0.1, -0.05) is 11.6 Å². The Balaban J connectivity index is 2.04. The minimum Gasteiger partial charge on any atom is -0.354 e. The van der Waals surface area contributed by atoms with Crippen LogP contribution >= 0.6 is 45.5 Å². The molecule has 21 heavy (non-hydrogen) atoms.